The highest BCUT2D eigenvalue weighted by molar-refractivity contribution is 5.94. The Hall–Kier alpha value is -2.08. The fraction of sp³-hybridized carbons (Fsp3) is 0.273. The van der Waals surface area contributed by atoms with Crippen LogP contribution in [0.15, 0.2) is 24.3 Å². The van der Waals surface area contributed by atoms with E-state index in [1.54, 1.807) is 31.2 Å². The molecule has 0 spiro atoms. The molecule has 6 heteroatoms. The fourth-order valence-electron chi connectivity index (χ4n) is 1.19. The first-order valence-electron chi connectivity index (χ1n) is 5.20. The van der Waals surface area contributed by atoms with Crippen LogP contribution in [0.3, 0.4) is 0 Å². The maximum absolute atomic E-state index is 11.6. The molecule has 17 heavy (non-hydrogen) atoms. The highest BCUT2D eigenvalue weighted by Gasteiger charge is 2.10. The second-order valence-electron chi connectivity index (χ2n) is 3.70. The van der Waals surface area contributed by atoms with E-state index in [1.807, 2.05) is 0 Å². The minimum Gasteiger partial charge on any atom is -0.351 e. The Morgan fingerprint density at radius 3 is 2.41 bits per heavy atom. The molecule has 0 aliphatic carbocycles. The zero-order valence-electron chi connectivity index (χ0n) is 9.57. The van der Waals surface area contributed by atoms with Gasteiger partial charge in [0.1, 0.15) is 0 Å². The van der Waals surface area contributed by atoms with Gasteiger partial charge in [0.15, 0.2) is 0 Å². The van der Waals surface area contributed by atoms with Gasteiger partial charge in [0.2, 0.25) is 5.91 Å². The summed E-state index contributed by atoms with van der Waals surface area (Å²) in [6.45, 7) is 2.02. The lowest BCUT2D eigenvalue weighted by Crippen LogP contribution is -2.26. The predicted octanol–water partition coefficient (Wildman–Crippen LogP) is 0.710. The van der Waals surface area contributed by atoms with Crippen molar-refractivity contribution in [2.75, 3.05) is 17.2 Å². The molecule has 0 aliphatic rings. The van der Waals surface area contributed by atoms with Crippen molar-refractivity contribution in [2.24, 2.45) is 17.4 Å². The summed E-state index contributed by atoms with van der Waals surface area (Å²) in [6.07, 6.45) is 0. The first kappa shape index (κ1) is 13.0. The second kappa shape index (κ2) is 5.86. The number of rotatable bonds is 4. The lowest BCUT2D eigenvalue weighted by atomic mass is 10.1. The van der Waals surface area contributed by atoms with Gasteiger partial charge in [0.05, 0.1) is 0 Å². The molecule has 1 unspecified atom stereocenters. The topological polar surface area (TPSA) is 110 Å². The van der Waals surface area contributed by atoms with Gasteiger partial charge in [-0.05, 0) is 18.2 Å². The van der Waals surface area contributed by atoms with Crippen LogP contribution < -0.4 is 22.1 Å². The lowest BCUT2D eigenvalue weighted by molar-refractivity contribution is -0.119. The number of benzene rings is 1. The molecule has 0 heterocycles. The van der Waals surface area contributed by atoms with Crippen molar-refractivity contribution in [2.45, 2.75) is 6.92 Å². The largest absolute Gasteiger partial charge is 0.351 e. The normalized spacial score (nSPS) is 11.6. The number of carbonyl (C=O) groups excluding carboxylic acids is 2. The van der Waals surface area contributed by atoms with E-state index in [-0.39, 0.29) is 18.4 Å². The third-order valence-corrected chi connectivity index (χ3v) is 2.20. The number of nitrogens with one attached hydrogen (secondary N) is 2. The van der Waals surface area contributed by atoms with Crippen molar-refractivity contribution < 1.29 is 9.59 Å². The van der Waals surface area contributed by atoms with Crippen LogP contribution in [0.25, 0.3) is 0 Å². The Morgan fingerprint density at radius 2 is 1.88 bits per heavy atom. The number of carbonyl (C=O) groups is 2. The highest BCUT2D eigenvalue weighted by atomic mass is 16.2. The van der Waals surface area contributed by atoms with E-state index in [0.717, 1.165) is 0 Å². The van der Waals surface area contributed by atoms with E-state index in [4.69, 9.17) is 11.5 Å². The molecule has 0 saturated heterocycles. The maximum atomic E-state index is 11.6. The van der Waals surface area contributed by atoms with E-state index in [9.17, 15) is 9.59 Å². The first-order valence-corrected chi connectivity index (χ1v) is 5.20. The smallest absolute Gasteiger partial charge is 0.316 e. The summed E-state index contributed by atoms with van der Waals surface area (Å²) in [5.74, 6) is -0.425. The summed E-state index contributed by atoms with van der Waals surface area (Å²) in [7, 11) is 0. The molecule has 0 fully saturated rings. The van der Waals surface area contributed by atoms with E-state index in [0.29, 0.717) is 11.4 Å². The average molecular weight is 236 g/mol. The number of primary amides is 1. The molecular formula is C11H16N4O2. The lowest BCUT2D eigenvalue weighted by Gasteiger charge is -2.11. The van der Waals surface area contributed by atoms with Gasteiger partial charge in [-0.25, -0.2) is 4.79 Å². The number of anilines is 2. The van der Waals surface area contributed by atoms with Crippen LogP contribution in [0.2, 0.25) is 0 Å². The van der Waals surface area contributed by atoms with Crippen LogP contribution in [-0.2, 0) is 4.79 Å². The quantitative estimate of drug-likeness (QED) is 0.617. The SMILES string of the molecule is CC(CN)C(=O)Nc1cccc(NC(N)=O)c1. The molecule has 0 aromatic heterocycles. The van der Waals surface area contributed by atoms with Gasteiger partial charge in [0.25, 0.3) is 0 Å². The second-order valence-corrected chi connectivity index (χ2v) is 3.70. The molecule has 6 N–H and O–H groups in total. The fourth-order valence-corrected chi connectivity index (χ4v) is 1.19. The summed E-state index contributed by atoms with van der Waals surface area (Å²) >= 11 is 0. The highest BCUT2D eigenvalue weighted by Crippen LogP contribution is 2.15. The van der Waals surface area contributed by atoms with Crippen molar-refractivity contribution >= 4 is 23.3 Å². The molecule has 0 radical (unpaired) electrons. The Labute approximate surface area is 99.4 Å². The van der Waals surface area contributed by atoms with E-state index in [2.05, 4.69) is 10.6 Å². The standard InChI is InChI=1S/C11H16N4O2/c1-7(6-12)10(16)14-8-3-2-4-9(5-8)15-11(13)17/h2-5,7H,6,12H2,1H3,(H,14,16)(H3,13,15,17). The third-order valence-electron chi connectivity index (χ3n) is 2.20. The van der Waals surface area contributed by atoms with E-state index < -0.39 is 6.03 Å². The number of amides is 3. The van der Waals surface area contributed by atoms with Crippen LogP contribution in [0.4, 0.5) is 16.2 Å². The summed E-state index contributed by atoms with van der Waals surface area (Å²) in [4.78, 5) is 22.2. The van der Waals surface area contributed by atoms with Gasteiger partial charge in [0, 0.05) is 23.8 Å². The number of hydrogen-bond acceptors (Lipinski definition) is 3. The first-order chi connectivity index (χ1) is 8.02. The molecule has 1 atom stereocenters. The number of nitrogens with two attached hydrogens (primary N) is 2. The van der Waals surface area contributed by atoms with Crippen LogP contribution in [0, 0.1) is 5.92 Å². The summed E-state index contributed by atoms with van der Waals surface area (Å²) in [6, 6.07) is 6.06. The molecule has 1 rings (SSSR count). The van der Waals surface area contributed by atoms with Crippen LogP contribution in [-0.4, -0.2) is 18.5 Å². The molecule has 6 nitrogen and oxygen atoms in total. The van der Waals surface area contributed by atoms with Gasteiger partial charge < -0.3 is 22.1 Å². The number of urea groups is 1. The number of hydrogen-bond donors (Lipinski definition) is 4. The Balaban J connectivity index is 2.72. The molecule has 0 bridgehead atoms. The van der Waals surface area contributed by atoms with Crippen molar-refractivity contribution in [3.05, 3.63) is 24.3 Å². The molecule has 0 aliphatic heterocycles. The van der Waals surface area contributed by atoms with Gasteiger partial charge in [-0.3, -0.25) is 4.79 Å². The van der Waals surface area contributed by atoms with Gasteiger partial charge >= 0.3 is 6.03 Å². The summed E-state index contributed by atoms with van der Waals surface area (Å²) < 4.78 is 0. The molecule has 92 valence electrons. The maximum Gasteiger partial charge on any atom is 0.316 e. The van der Waals surface area contributed by atoms with Gasteiger partial charge in [-0.2, -0.15) is 0 Å². The van der Waals surface area contributed by atoms with Crippen molar-refractivity contribution in [3.8, 4) is 0 Å². The Morgan fingerprint density at radius 1 is 1.29 bits per heavy atom. The van der Waals surface area contributed by atoms with Crippen molar-refractivity contribution in [1.82, 2.24) is 0 Å². The minimum absolute atomic E-state index is 0.163. The van der Waals surface area contributed by atoms with E-state index >= 15 is 0 Å². The van der Waals surface area contributed by atoms with Crippen molar-refractivity contribution in [1.29, 1.82) is 0 Å². The molecule has 1 aromatic carbocycles. The molecule has 3 amide bonds. The molecular weight excluding hydrogens is 220 g/mol. The zero-order valence-corrected chi connectivity index (χ0v) is 9.57. The van der Waals surface area contributed by atoms with Crippen LogP contribution >= 0.6 is 0 Å². The third kappa shape index (κ3) is 4.12. The molecule has 1 aromatic rings. The van der Waals surface area contributed by atoms with E-state index in [1.165, 1.54) is 0 Å². The van der Waals surface area contributed by atoms with Crippen LogP contribution in [0.5, 0.6) is 0 Å². The monoisotopic (exact) mass is 236 g/mol. The zero-order chi connectivity index (χ0) is 12.8. The summed E-state index contributed by atoms with van der Waals surface area (Å²) in [5, 5.41) is 5.12. The predicted molar refractivity (Wildman–Crippen MR) is 66.5 cm³/mol. The minimum atomic E-state index is -0.649. The Bertz CT molecular complexity index is 420. The van der Waals surface area contributed by atoms with Crippen LogP contribution in [0.1, 0.15) is 6.92 Å². The average Bonchev–Trinajstić information content (AvgIpc) is 2.27. The van der Waals surface area contributed by atoms with Crippen molar-refractivity contribution in [3.63, 3.8) is 0 Å². The molecule has 0 saturated carbocycles. The van der Waals surface area contributed by atoms with Gasteiger partial charge in [-0.15, -0.1) is 0 Å². The van der Waals surface area contributed by atoms with Gasteiger partial charge in [-0.1, -0.05) is 13.0 Å². The Kier molecular flexibility index (Phi) is 4.47. The summed E-state index contributed by atoms with van der Waals surface area (Å²) in [5.41, 5.74) is 11.5.